The zero-order valence-electron chi connectivity index (χ0n) is 18.1. The third-order valence-corrected chi connectivity index (χ3v) is 6.36. The Morgan fingerprint density at radius 2 is 2.03 bits per heavy atom. The van der Waals surface area contributed by atoms with Crippen molar-refractivity contribution in [2.45, 2.75) is 57.8 Å². The number of hydrogen-bond donors (Lipinski definition) is 3. The molecule has 30 heavy (non-hydrogen) atoms. The Hall–Kier alpha value is -2.25. The topological polar surface area (TPSA) is 75.1 Å². The van der Waals surface area contributed by atoms with Gasteiger partial charge in [-0.2, -0.15) is 0 Å². The quantitative estimate of drug-likeness (QED) is 0.413. The molecule has 1 aromatic heterocycles. The minimum absolute atomic E-state index is 0.295. The van der Waals surface area contributed by atoms with E-state index in [-0.39, 0.29) is 0 Å². The molecule has 2 aromatic rings. The Kier molecular flexibility index (Phi) is 7.99. The van der Waals surface area contributed by atoms with Crippen LogP contribution in [-0.2, 0) is 12.1 Å². The van der Waals surface area contributed by atoms with E-state index in [1.54, 1.807) is 18.4 Å². The maximum Gasteiger partial charge on any atom is 0.191 e. The predicted molar refractivity (Wildman–Crippen MR) is 123 cm³/mol. The van der Waals surface area contributed by atoms with Crippen molar-refractivity contribution >= 4 is 17.3 Å². The second-order valence-electron chi connectivity index (χ2n) is 7.81. The van der Waals surface area contributed by atoms with Crippen molar-refractivity contribution in [1.82, 2.24) is 10.6 Å². The van der Waals surface area contributed by atoms with Gasteiger partial charge in [-0.15, -0.1) is 11.3 Å². The van der Waals surface area contributed by atoms with Gasteiger partial charge in [0.1, 0.15) is 5.60 Å². The Morgan fingerprint density at radius 3 is 2.70 bits per heavy atom. The Balaban J connectivity index is 1.63. The molecule has 0 aliphatic heterocycles. The number of methoxy groups -OCH3 is 1. The standard InChI is InChI=1S/C23H33N3O3S/c1-4-24-22(26-16-23(2,27)21-10-7-13-30-21)25-15-17-11-12-19(20(14-17)28-3)29-18-8-5-6-9-18/h7,10-14,18,27H,4-6,8-9,15-16H2,1-3H3,(H2,24,25,26). The van der Waals surface area contributed by atoms with Crippen molar-refractivity contribution in [1.29, 1.82) is 0 Å². The summed E-state index contributed by atoms with van der Waals surface area (Å²) in [5.41, 5.74) is 0.0835. The first-order valence-electron chi connectivity index (χ1n) is 10.6. The lowest BCUT2D eigenvalue weighted by atomic mass is 10.1. The van der Waals surface area contributed by atoms with Gasteiger partial charge >= 0.3 is 0 Å². The number of hydrogen-bond acceptors (Lipinski definition) is 5. The number of aliphatic imine (C=N–C) groups is 1. The minimum Gasteiger partial charge on any atom is -0.493 e. The maximum absolute atomic E-state index is 10.7. The highest BCUT2D eigenvalue weighted by molar-refractivity contribution is 7.10. The first-order chi connectivity index (χ1) is 14.5. The molecule has 1 heterocycles. The monoisotopic (exact) mass is 431 g/mol. The van der Waals surface area contributed by atoms with Gasteiger partial charge in [0, 0.05) is 11.4 Å². The summed E-state index contributed by atoms with van der Waals surface area (Å²) in [6.07, 6.45) is 4.99. The fourth-order valence-electron chi connectivity index (χ4n) is 3.53. The summed E-state index contributed by atoms with van der Waals surface area (Å²) in [5, 5.41) is 19.2. The molecule has 3 N–H and O–H groups in total. The molecule has 1 fully saturated rings. The van der Waals surface area contributed by atoms with Gasteiger partial charge < -0.3 is 25.2 Å². The Bertz CT molecular complexity index is 815. The number of nitrogens with one attached hydrogen (secondary N) is 2. The van der Waals surface area contributed by atoms with Crippen LogP contribution in [0.3, 0.4) is 0 Å². The molecule has 1 aliphatic rings. The summed E-state index contributed by atoms with van der Waals surface area (Å²) in [6.45, 7) is 5.44. The molecule has 0 spiro atoms. The second kappa shape index (κ2) is 10.7. The molecular formula is C23H33N3O3S. The lowest BCUT2D eigenvalue weighted by Gasteiger charge is -2.23. The van der Waals surface area contributed by atoms with Gasteiger partial charge in [-0.25, -0.2) is 4.99 Å². The number of ether oxygens (including phenoxy) is 2. The molecule has 1 saturated carbocycles. The third-order valence-electron chi connectivity index (χ3n) is 5.24. The van der Waals surface area contributed by atoms with Crippen LogP contribution in [-0.4, -0.2) is 37.4 Å². The van der Waals surface area contributed by atoms with Crippen LogP contribution in [0.2, 0.25) is 0 Å². The van der Waals surface area contributed by atoms with Crippen LogP contribution >= 0.6 is 11.3 Å². The molecule has 6 nitrogen and oxygen atoms in total. The second-order valence-corrected chi connectivity index (χ2v) is 8.76. The molecule has 0 radical (unpaired) electrons. The lowest BCUT2D eigenvalue weighted by molar-refractivity contribution is 0.0655. The SMILES string of the molecule is CCNC(=NCc1ccc(OC2CCCC2)c(OC)c1)NCC(C)(O)c1cccs1. The molecule has 0 bridgehead atoms. The van der Waals surface area contributed by atoms with E-state index < -0.39 is 5.60 Å². The van der Waals surface area contributed by atoms with Crippen LogP contribution in [0, 0.1) is 0 Å². The van der Waals surface area contributed by atoms with Gasteiger partial charge in [-0.05, 0) is 68.7 Å². The maximum atomic E-state index is 10.7. The van der Waals surface area contributed by atoms with Crippen molar-refractivity contribution in [3.05, 3.63) is 46.2 Å². The molecule has 1 aliphatic carbocycles. The molecule has 0 amide bonds. The molecule has 1 unspecified atom stereocenters. The van der Waals surface area contributed by atoms with Gasteiger partial charge in [0.05, 0.1) is 26.3 Å². The van der Waals surface area contributed by atoms with E-state index in [1.807, 2.05) is 49.6 Å². The molecule has 164 valence electrons. The van der Waals surface area contributed by atoms with Crippen LogP contribution in [0.1, 0.15) is 50.0 Å². The number of aliphatic hydroxyl groups is 1. The van der Waals surface area contributed by atoms with Gasteiger partial charge in [-0.3, -0.25) is 0 Å². The number of rotatable bonds is 9. The van der Waals surface area contributed by atoms with Crippen LogP contribution in [0.15, 0.2) is 40.7 Å². The minimum atomic E-state index is -0.952. The van der Waals surface area contributed by atoms with Crippen LogP contribution in [0.25, 0.3) is 0 Å². The largest absolute Gasteiger partial charge is 0.493 e. The first-order valence-corrected chi connectivity index (χ1v) is 11.5. The molecule has 0 saturated heterocycles. The van der Waals surface area contributed by atoms with E-state index >= 15 is 0 Å². The van der Waals surface area contributed by atoms with Gasteiger partial charge in [-0.1, -0.05) is 12.1 Å². The summed E-state index contributed by atoms with van der Waals surface area (Å²) in [6, 6.07) is 9.88. The normalized spacial score (nSPS) is 16.9. The number of thiophene rings is 1. The van der Waals surface area contributed by atoms with E-state index in [1.165, 1.54) is 12.8 Å². The van der Waals surface area contributed by atoms with Gasteiger partial charge in [0.15, 0.2) is 17.5 Å². The molecule has 1 aromatic carbocycles. The van der Waals surface area contributed by atoms with Crippen molar-refractivity contribution in [2.75, 3.05) is 20.2 Å². The number of guanidine groups is 1. The van der Waals surface area contributed by atoms with E-state index in [9.17, 15) is 5.11 Å². The van der Waals surface area contributed by atoms with Crippen molar-refractivity contribution in [3.63, 3.8) is 0 Å². The summed E-state index contributed by atoms with van der Waals surface area (Å²) in [4.78, 5) is 5.59. The average molecular weight is 432 g/mol. The number of benzene rings is 1. The highest BCUT2D eigenvalue weighted by atomic mass is 32.1. The fourth-order valence-corrected chi connectivity index (χ4v) is 4.32. The molecule has 3 rings (SSSR count). The predicted octanol–water partition coefficient (Wildman–Crippen LogP) is 4.04. The first kappa shape index (κ1) is 22.4. The van der Waals surface area contributed by atoms with Crippen molar-refractivity contribution in [3.8, 4) is 11.5 Å². The highest BCUT2D eigenvalue weighted by Gasteiger charge is 2.24. The van der Waals surface area contributed by atoms with Gasteiger partial charge in [0.25, 0.3) is 0 Å². The van der Waals surface area contributed by atoms with Gasteiger partial charge in [0.2, 0.25) is 0 Å². The smallest absolute Gasteiger partial charge is 0.191 e. The zero-order chi connectivity index (χ0) is 21.4. The highest BCUT2D eigenvalue weighted by Crippen LogP contribution is 2.32. The summed E-state index contributed by atoms with van der Waals surface area (Å²) in [7, 11) is 1.67. The van der Waals surface area contributed by atoms with E-state index in [0.29, 0.717) is 25.2 Å². The molecule has 7 heteroatoms. The average Bonchev–Trinajstić information content (AvgIpc) is 3.45. The van der Waals surface area contributed by atoms with Crippen LogP contribution in [0.5, 0.6) is 11.5 Å². The number of nitrogens with zero attached hydrogens (tertiary/aromatic N) is 1. The van der Waals surface area contributed by atoms with Crippen LogP contribution < -0.4 is 20.1 Å². The van der Waals surface area contributed by atoms with Crippen molar-refractivity contribution < 1.29 is 14.6 Å². The summed E-state index contributed by atoms with van der Waals surface area (Å²) < 4.78 is 11.7. The van der Waals surface area contributed by atoms with E-state index in [2.05, 4.69) is 15.6 Å². The third kappa shape index (κ3) is 6.12. The Morgan fingerprint density at radius 1 is 1.23 bits per heavy atom. The summed E-state index contributed by atoms with van der Waals surface area (Å²) in [5.74, 6) is 2.21. The lowest BCUT2D eigenvalue weighted by Crippen LogP contribution is -2.44. The zero-order valence-corrected chi connectivity index (χ0v) is 18.9. The molecular weight excluding hydrogens is 398 g/mol. The molecule has 1 atom stereocenters. The van der Waals surface area contributed by atoms with Crippen LogP contribution in [0.4, 0.5) is 0 Å². The fraction of sp³-hybridized carbons (Fsp3) is 0.522. The van der Waals surface area contributed by atoms with Crippen molar-refractivity contribution in [2.24, 2.45) is 4.99 Å². The van der Waals surface area contributed by atoms with E-state index in [4.69, 9.17) is 9.47 Å². The van der Waals surface area contributed by atoms with E-state index in [0.717, 1.165) is 41.3 Å². The Labute approximate surface area is 183 Å². The summed E-state index contributed by atoms with van der Waals surface area (Å²) >= 11 is 1.55.